The van der Waals surface area contributed by atoms with E-state index in [1.165, 1.54) is 0 Å². The summed E-state index contributed by atoms with van der Waals surface area (Å²) in [4.78, 5) is 27.8. The van der Waals surface area contributed by atoms with Gasteiger partial charge in [-0.3, -0.25) is 9.59 Å². The van der Waals surface area contributed by atoms with Gasteiger partial charge in [-0.1, -0.05) is 18.5 Å². The Kier molecular flexibility index (Phi) is 7.87. The van der Waals surface area contributed by atoms with Crippen molar-refractivity contribution in [1.29, 1.82) is 0 Å². The van der Waals surface area contributed by atoms with Crippen LogP contribution in [0.1, 0.15) is 62.9 Å². The molecule has 6 nitrogen and oxygen atoms in total. The molecule has 2 aliphatic heterocycles. The molecule has 0 radical (unpaired) electrons. The minimum Gasteiger partial charge on any atom is -0.378 e. The third-order valence-electron chi connectivity index (χ3n) is 6.76. The molecule has 0 aromatic heterocycles. The third-order valence-corrected chi connectivity index (χ3v) is 6.98. The van der Waals surface area contributed by atoms with Crippen LogP contribution in [0.4, 0.5) is 5.69 Å². The molecule has 2 fully saturated rings. The number of nitrogens with one attached hydrogen (secondary N) is 2. The van der Waals surface area contributed by atoms with Crippen molar-refractivity contribution in [2.75, 3.05) is 24.6 Å². The summed E-state index contributed by atoms with van der Waals surface area (Å²) in [7, 11) is 0. The number of anilines is 1. The van der Waals surface area contributed by atoms with Gasteiger partial charge < -0.3 is 20.3 Å². The number of carbonyl (C=O) groups excluding carboxylic acids is 2. The number of amides is 2. The van der Waals surface area contributed by atoms with Gasteiger partial charge in [-0.15, -0.1) is 0 Å². The highest BCUT2D eigenvalue weighted by Gasteiger charge is 2.33. The molecule has 172 valence electrons. The zero-order chi connectivity index (χ0) is 22.7. The second kappa shape index (κ2) is 10.2. The Labute approximate surface area is 191 Å². The first-order chi connectivity index (χ1) is 14.7. The van der Waals surface area contributed by atoms with Gasteiger partial charge in [0.1, 0.15) is 0 Å². The van der Waals surface area contributed by atoms with E-state index < -0.39 is 0 Å². The molecule has 5 atom stereocenters. The van der Waals surface area contributed by atoms with Crippen LogP contribution in [0, 0.1) is 18.8 Å². The average molecular weight is 450 g/mol. The molecule has 0 spiro atoms. The van der Waals surface area contributed by atoms with Gasteiger partial charge in [0, 0.05) is 48.1 Å². The predicted molar refractivity (Wildman–Crippen MR) is 125 cm³/mol. The molecule has 2 heterocycles. The highest BCUT2D eigenvalue weighted by Crippen LogP contribution is 2.32. The molecular formula is C24H36ClN3O3. The van der Waals surface area contributed by atoms with Crippen molar-refractivity contribution in [3.05, 3.63) is 28.3 Å². The highest BCUT2D eigenvalue weighted by atomic mass is 35.5. The van der Waals surface area contributed by atoms with Crippen molar-refractivity contribution in [2.24, 2.45) is 11.8 Å². The Morgan fingerprint density at radius 2 is 2.03 bits per heavy atom. The molecule has 1 aromatic carbocycles. The SMILES string of the molecule is CCN(c1cc(Cl)cc(C(=O)NCC2C(=O)NC(C)CC2C)c1C)[C@H]1CCO[C@@H](C)C1. The van der Waals surface area contributed by atoms with Gasteiger partial charge in [-0.25, -0.2) is 0 Å². The Bertz CT molecular complexity index is 816. The molecule has 0 bridgehead atoms. The number of rotatable bonds is 6. The van der Waals surface area contributed by atoms with E-state index in [1.54, 1.807) is 6.07 Å². The molecule has 31 heavy (non-hydrogen) atoms. The lowest BCUT2D eigenvalue weighted by Gasteiger charge is -2.38. The van der Waals surface area contributed by atoms with E-state index in [4.69, 9.17) is 16.3 Å². The van der Waals surface area contributed by atoms with Crippen LogP contribution in [0.15, 0.2) is 12.1 Å². The minimum absolute atomic E-state index is 0.0147. The zero-order valence-corrected chi connectivity index (χ0v) is 20.1. The van der Waals surface area contributed by atoms with Crippen molar-refractivity contribution in [1.82, 2.24) is 10.6 Å². The summed E-state index contributed by atoms with van der Waals surface area (Å²) in [6.07, 6.45) is 3.05. The van der Waals surface area contributed by atoms with Gasteiger partial charge in [-0.2, -0.15) is 0 Å². The van der Waals surface area contributed by atoms with E-state index in [2.05, 4.69) is 36.3 Å². The van der Waals surface area contributed by atoms with Crippen molar-refractivity contribution in [2.45, 2.75) is 72.1 Å². The summed E-state index contributed by atoms with van der Waals surface area (Å²) in [5.74, 6) is -0.154. The number of hydrogen-bond donors (Lipinski definition) is 2. The molecule has 0 saturated carbocycles. The number of hydrogen-bond acceptors (Lipinski definition) is 4. The lowest BCUT2D eigenvalue weighted by Crippen LogP contribution is -2.50. The smallest absolute Gasteiger partial charge is 0.251 e. The Balaban J connectivity index is 1.77. The second-order valence-corrected chi connectivity index (χ2v) is 9.62. The Morgan fingerprint density at radius 3 is 2.68 bits per heavy atom. The fourth-order valence-corrected chi connectivity index (χ4v) is 5.27. The summed E-state index contributed by atoms with van der Waals surface area (Å²) in [5, 5.41) is 6.52. The van der Waals surface area contributed by atoms with Gasteiger partial charge in [0.2, 0.25) is 5.91 Å². The third kappa shape index (κ3) is 5.53. The maximum absolute atomic E-state index is 13.1. The van der Waals surface area contributed by atoms with Crippen molar-refractivity contribution >= 4 is 29.1 Å². The number of carbonyl (C=O) groups is 2. The van der Waals surface area contributed by atoms with Gasteiger partial charge in [0.25, 0.3) is 5.91 Å². The van der Waals surface area contributed by atoms with Crippen LogP contribution >= 0.6 is 11.6 Å². The largest absolute Gasteiger partial charge is 0.378 e. The van der Waals surface area contributed by atoms with Crippen LogP contribution in [-0.4, -0.2) is 49.7 Å². The summed E-state index contributed by atoms with van der Waals surface area (Å²) >= 11 is 6.45. The lowest BCUT2D eigenvalue weighted by molar-refractivity contribution is -0.129. The fraction of sp³-hybridized carbons (Fsp3) is 0.667. The van der Waals surface area contributed by atoms with E-state index in [0.717, 1.165) is 43.7 Å². The number of halogens is 1. The van der Waals surface area contributed by atoms with Gasteiger partial charge >= 0.3 is 0 Å². The van der Waals surface area contributed by atoms with E-state index in [9.17, 15) is 9.59 Å². The zero-order valence-electron chi connectivity index (χ0n) is 19.3. The Morgan fingerprint density at radius 1 is 1.29 bits per heavy atom. The van der Waals surface area contributed by atoms with Crippen LogP contribution in [0.3, 0.4) is 0 Å². The molecular weight excluding hydrogens is 414 g/mol. The molecule has 3 rings (SSSR count). The number of nitrogens with zero attached hydrogens (tertiary/aromatic N) is 1. The first-order valence-electron chi connectivity index (χ1n) is 11.5. The molecule has 2 saturated heterocycles. The summed E-state index contributed by atoms with van der Waals surface area (Å²) in [5.41, 5.74) is 2.48. The maximum atomic E-state index is 13.1. The van der Waals surface area contributed by atoms with Crippen LogP contribution in [0.5, 0.6) is 0 Å². The molecule has 0 aliphatic carbocycles. The van der Waals surface area contributed by atoms with E-state index in [1.807, 2.05) is 19.9 Å². The van der Waals surface area contributed by atoms with Gasteiger partial charge in [0.15, 0.2) is 0 Å². The standard InChI is InChI=1S/C24H36ClN3O3/c1-6-28(19-7-8-31-16(4)10-19)22-12-18(25)11-20(17(22)5)23(29)26-13-21-14(2)9-15(3)27-24(21)30/h11-12,14-16,19,21H,6-10,13H2,1-5H3,(H,26,29)(H,27,30)/t14?,15?,16-,19-,21?/m0/s1. The summed E-state index contributed by atoms with van der Waals surface area (Å²) < 4.78 is 5.72. The van der Waals surface area contributed by atoms with Crippen LogP contribution in [0.2, 0.25) is 5.02 Å². The molecule has 2 amide bonds. The quantitative estimate of drug-likeness (QED) is 0.690. The molecule has 2 aliphatic rings. The first kappa shape index (κ1) is 23.9. The van der Waals surface area contributed by atoms with Gasteiger partial charge in [-0.05, 0) is 70.6 Å². The summed E-state index contributed by atoms with van der Waals surface area (Å²) in [6, 6.07) is 4.22. The van der Waals surface area contributed by atoms with Crippen LogP contribution in [-0.2, 0) is 9.53 Å². The molecule has 7 heteroatoms. The number of ether oxygens (including phenoxy) is 1. The van der Waals surface area contributed by atoms with E-state index >= 15 is 0 Å². The van der Waals surface area contributed by atoms with E-state index in [0.29, 0.717) is 23.2 Å². The van der Waals surface area contributed by atoms with Crippen molar-refractivity contribution in [3.63, 3.8) is 0 Å². The summed E-state index contributed by atoms with van der Waals surface area (Å²) in [6.45, 7) is 12.2. The van der Waals surface area contributed by atoms with E-state index in [-0.39, 0.29) is 35.8 Å². The fourth-order valence-electron chi connectivity index (χ4n) is 5.06. The minimum atomic E-state index is -0.213. The molecule has 2 N–H and O–H groups in total. The van der Waals surface area contributed by atoms with Crippen molar-refractivity contribution < 1.29 is 14.3 Å². The van der Waals surface area contributed by atoms with Crippen molar-refractivity contribution in [3.8, 4) is 0 Å². The normalized spacial score (nSPS) is 28.7. The second-order valence-electron chi connectivity index (χ2n) is 9.18. The first-order valence-corrected chi connectivity index (χ1v) is 11.9. The average Bonchev–Trinajstić information content (AvgIpc) is 2.70. The number of piperidine rings is 1. The van der Waals surface area contributed by atoms with Crippen LogP contribution in [0.25, 0.3) is 0 Å². The van der Waals surface area contributed by atoms with Gasteiger partial charge in [0.05, 0.1) is 12.0 Å². The topological polar surface area (TPSA) is 70.7 Å². The lowest BCUT2D eigenvalue weighted by atomic mass is 9.84. The molecule has 1 aromatic rings. The Hall–Kier alpha value is -1.79. The number of benzene rings is 1. The maximum Gasteiger partial charge on any atom is 0.251 e. The predicted octanol–water partition coefficient (Wildman–Crippen LogP) is 3.93. The monoisotopic (exact) mass is 449 g/mol. The highest BCUT2D eigenvalue weighted by molar-refractivity contribution is 6.31. The molecule has 3 unspecified atom stereocenters. The van der Waals surface area contributed by atoms with Crippen LogP contribution < -0.4 is 15.5 Å².